The number of nitrogen functional groups attached to an aromatic ring is 1. The van der Waals surface area contributed by atoms with E-state index in [2.05, 4.69) is 34.0 Å². The minimum Gasteiger partial charge on any atom is -0.465 e. The third-order valence-corrected chi connectivity index (χ3v) is 8.37. The molecule has 5 N–H and O–H groups in total. The van der Waals surface area contributed by atoms with E-state index in [1.165, 1.54) is 57.7 Å². The molecule has 0 saturated heterocycles. The molecular formula is C34H58N6O5. The summed E-state index contributed by atoms with van der Waals surface area (Å²) in [5.41, 5.74) is 11.8. The van der Waals surface area contributed by atoms with Gasteiger partial charge in [0.25, 0.3) is 5.56 Å². The molecular weight excluding hydrogens is 572 g/mol. The van der Waals surface area contributed by atoms with Gasteiger partial charge in [-0.1, -0.05) is 90.7 Å². The van der Waals surface area contributed by atoms with Gasteiger partial charge >= 0.3 is 11.9 Å². The standard InChI is InChI=1S/C34H58N6O5/c1-4-6-7-8-9-10-11-12-13-14-15-16-17-18-19-20-28(41)45-24-27(21-22-44-33(43)29(35)26(3)5-2)23-40-25-37-30-31(40)38-34(36)39-32(30)42/h12-13,25-27,29H,4-11,14-24,35H2,1-3H3,(H3,36,38,39,42)/t26-,27?,29-/m0/s1. The van der Waals surface area contributed by atoms with Crippen molar-refractivity contribution in [2.75, 3.05) is 18.9 Å². The number of carbonyl (C=O) groups excluding carboxylic acids is 2. The first-order valence-corrected chi connectivity index (χ1v) is 17.2. The third kappa shape index (κ3) is 15.1. The van der Waals surface area contributed by atoms with E-state index in [0.29, 0.717) is 25.0 Å². The lowest BCUT2D eigenvalue weighted by Crippen LogP contribution is -2.38. The second kappa shape index (κ2) is 22.3. The number of anilines is 1. The number of H-pyrrole nitrogens is 1. The van der Waals surface area contributed by atoms with E-state index in [4.69, 9.17) is 20.9 Å². The number of carbonyl (C=O) groups is 2. The number of imidazole rings is 1. The summed E-state index contributed by atoms with van der Waals surface area (Å²) in [7, 11) is 0. The maximum Gasteiger partial charge on any atom is 0.323 e. The molecule has 0 saturated carbocycles. The highest BCUT2D eigenvalue weighted by Crippen LogP contribution is 2.16. The van der Waals surface area contributed by atoms with Gasteiger partial charge in [0, 0.05) is 18.9 Å². The largest absolute Gasteiger partial charge is 0.465 e. The summed E-state index contributed by atoms with van der Waals surface area (Å²) in [6, 6.07) is -0.686. The van der Waals surface area contributed by atoms with Gasteiger partial charge in [0.1, 0.15) is 6.04 Å². The van der Waals surface area contributed by atoms with Crippen molar-refractivity contribution in [2.45, 2.75) is 136 Å². The summed E-state index contributed by atoms with van der Waals surface area (Å²) in [6.45, 7) is 6.75. The lowest BCUT2D eigenvalue weighted by molar-refractivity contribution is -0.149. The molecule has 2 aromatic heterocycles. The molecule has 11 nitrogen and oxygen atoms in total. The van der Waals surface area contributed by atoms with Gasteiger partial charge in [0.2, 0.25) is 5.95 Å². The highest BCUT2D eigenvalue weighted by atomic mass is 16.5. The molecule has 0 aliphatic rings. The van der Waals surface area contributed by atoms with Crippen LogP contribution in [0.3, 0.4) is 0 Å². The van der Waals surface area contributed by atoms with E-state index in [1.54, 1.807) is 4.57 Å². The zero-order chi connectivity index (χ0) is 32.9. The summed E-state index contributed by atoms with van der Waals surface area (Å²) in [5, 5.41) is 0. The summed E-state index contributed by atoms with van der Waals surface area (Å²) in [6.07, 6.45) is 23.3. The zero-order valence-electron chi connectivity index (χ0n) is 27.9. The molecule has 254 valence electrons. The second-order valence-corrected chi connectivity index (χ2v) is 12.3. The Bertz CT molecular complexity index is 1210. The first-order chi connectivity index (χ1) is 21.8. The van der Waals surface area contributed by atoms with E-state index >= 15 is 0 Å². The van der Waals surface area contributed by atoms with E-state index in [9.17, 15) is 14.4 Å². The Hall–Kier alpha value is -3.21. The van der Waals surface area contributed by atoms with Crippen LogP contribution in [0.25, 0.3) is 11.2 Å². The molecule has 0 aromatic carbocycles. The van der Waals surface area contributed by atoms with Crippen molar-refractivity contribution < 1.29 is 19.1 Å². The highest BCUT2D eigenvalue weighted by Gasteiger charge is 2.22. The number of nitrogens with zero attached hydrogens (tertiary/aromatic N) is 3. The number of fused-ring (bicyclic) bond motifs is 1. The highest BCUT2D eigenvalue weighted by molar-refractivity contribution is 5.75. The van der Waals surface area contributed by atoms with Crippen LogP contribution in [0.5, 0.6) is 0 Å². The number of nitrogens with one attached hydrogen (secondary N) is 1. The topological polar surface area (TPSA) is 168 Å². The third-order valence-electron chi connectivity index (χ3n) is 8.37. The number of rotatable bonds is 25. The number of aromatic nitrogens is 4. The molecule has 45 heavy (non-hydrogen) atoms. The van der Waals surface area contributed by atoms with E-state index in [0.717, 1.165) is 38.5 Å². The lowest BCUT2D eigenvalue weighted by atomic mass is 10.0. The van der Waals surface area contributed by atoms with Crippen molar-refractivity contribution in [3.05, 3.63) is 28.8 Å². The van der Waals surface area contributed by atoms with Gasteiger partial charge in [-0.05, 0) is 44.4 Å². The maximum absolute atomic E-state index is 12.5. The molecule has 2 aromatic rings. The van der Waals surface area contributed by atoms with Crippen molar-refractivity contribution >= 4 is 29.1 Å². The fourth-order valence-corrected chi connectivity index (χ4v) is 5.14. The number of unbranched alkanes of at least 4 members (excludes halogenated alkanes) is 11. The SMILES string of the molecule is CCCCCCCCC=CCCCCCCCC(=O)OCC(CCOC(=O)[C@@H](N)[C@@H](C)CC)Cn1cnc2c(=O)[nH]c(N)nc21. The Balaban J connectivity index is 1.73. The Morgan fingerprint density at radius 2 is 1.62 bits per heavy atom. The van der Waals surface area contributed by atoms with Crippen LogP contribution in [-0.4, -0.2) is 50.7 Å². The van der Waals surface area contributed by atoms with Crippen LogP contribution in [0.1, 0.15) is 124 Å². The molecule has 2 heterocycles. The minimum absolute atomic E-state index is 0.00912. The quantitative estimate of drug-likeness (QED) is 0.0656. The predicted molar refractivity (Wildman–Crippen MR) is 179 cm³/mol. The van der Waals surface area contributed by atoms with Crippen molar-refractivity contribution in [3.63, 3.8) is 0 Å². The van der Waals surface area contributed by atoms with Crippen LogP contribution in [-0.2, 0) is 25.6 Å². The molecule has 1 unspecified atom stereocenters. The minimum atomic E-state index is -0.686. The fourth-order valence-electron chi connectivity index (χ4n) is 5.14. The molecule has 0 aliphatic heterocycles. The first-order valence-electron chi connectivity index (χ1n) is 17.2. The van der Waals surface area contributed by atoms with Gasteiger partial charge in [-0.15, -0.1) is 0 Å². The number of hydrogen-bond acceptors (Lipinski definition) is 9. The summed E-state index contributed by atoms with van der Waals surface area (Å²) >= 11 is 0. The number of allylic oxidation sites excluding steroid dienone is 2. The molecule has 0 fully saturated rings. The van der Waals surface area contributed by atoms with Crippen LogP contribution in [0.15, 0.2) is 23.3 Å². The molecule has 3 atom stereocenters. The second-order valence-electron chi connectivity index (χ2n) is 12.3. The molecule has 2 rings (SSSR count). The Morgan fingerprint density at radius 3 is 2.29 bits per heavy atom. The van der Waals surface area contributed by atoms with Crippen LogP contribution in [0.4, 0.5) is 5.95 Å². The molecule has 0 aliphatic carbocycles. The maximum atomic E-state index is 12.5. The van der Waals surface area contributed by atoms with Gasteiger partial charge in [-0.2, -0.15) is 4.98 Å². The number of hydrogen-bond donors (Lipinski definition) is 3. The van der Waals surface area contributed by atoms with Crippen LogP contribution >= 0.6 is 0 Å². The molecule has 0 spiro atoms. The van der Waals surface area contributed by atoms with Crippen molar-refractivity contribution in [2.24, 2.45) is 17.6 Å². The average Bonchev–Trinajstić information content (AvgIpc) is 3.43. The molecule has 11 heteroatoms. The number of aromatic amines is 1. The van der Waals surface area contributed by atoms with Crippen LogP contribution < -0.4 is 17.0 Å². The van der Waals surface area contributed by atoms with Gasteiger partial charge < -0.3 is 25.5 Å². The lowest BCUT2D eigenvalue weighted by Gasteiger charge is -2.20. The molecule has 0 bridgehead atoms. The van der Waals surface area contributed by atoms with Crippen LogP contribution in [0, 0.1) is 11.8 Å². The van der Waals surface area contributed by atoms with E-state index in [-0.39, 0.29) is 42.5 Å². The zero-order valence-corrected chi connectivity index (χ0v) is 27.9. The molecule has 0 radical (unpaired) electrons. The van der Waals surface area contributed by atoms with E-state index in [1.807, 2.05) is 13.8 Å². The van der Waals surface area contributed by atoms with Crippen LogP contribution in [0.2, 0.25) is 0 Å². The normalized spacial score (nSPS) is 13.7. The summed E-state index contributed by atoms with van der Waals surface area (Å²) in [5.74, 6) is -0.903. The summed E-state index contributed by atoms with van der Waals surface area (Å²) < 4.78 is 12.8. The average molecular weight is 631 g/mol. The van der Waals surface area contributed by atoms with Crippen molar-refractivity contribution in [1.82, 2.24) is 19.5 Å². The van der Waals surface area contributed by atoms with E-state index < -0.39 is 17.6 Å². The first kappa shape index (κ1) is 38.0. The van der Waals surface area contributed by atoms with Crippen molar-refractivity contribution in [1.29, 1.82) is 0 Å². The Kier molecular flexibility index (Phi) is 18.8. The van der Waals surface area contributed by atoms with Gasteiger partial charge in [-0.25, -0.2) is 4.98 Å². The van der Waals surface area contributed by atoms with Gasteiger partial charge in [0.05, 0.1) is 19.5 Å². The Morgan fingerprint density at radius 1 is 0.978 bits per heavy atom. The number of nitrogens with two attached hydrogens (primary N) is 2. The smallest absolute Gasteiger partial charge is 0.323 e. The monoisotopic (exact) mass is 630 g/mol. The van der Waals surface area contributed by atoms with Gasteiger partial charge in [-0.3, -0.25) is 19.4 Å². The van der Waals surface area contributed by atoms with Gasteiger partial charge in [0.15, 0.2) is 11.2 Å². The fraction of sp³-hybridized carbons (Fsp3) is 0.735. The van der Waals surface area contributed by atoms with Crippen molar-refractivity contribution in [3.8, 4) is 0 Å². The Labute approximate surface area is 268 Å². The number of ether oxygens (including phenoxy) is 2. The molecule has 0 amide bonds. The summed E-state index contributed by atoms with van der Waals surface area (Å²) in [4.78, 5) is 47.9. The predicted octanol–water partition coefficient (Wildman–Crippen LogP) is 6.21. The number of esters is 2.